The number of halogens is 2. The normalized spacial score (nSPS) is 9.73. The minimum Gasteiger partial charge on any atom is -0.297 e. The van der Waals surface area contributed by atoms with Crippen LogP contribution in [-0.4, -0.2) is 11.9 Å². The molecule has 0 saturated carbocycles. The lowest BCUT2D eigenvalue weighted by Gasteiger charge is -2.08. The van der Waals surface area contributed by atoms with Crippen LogP contribution in [0.3, 0.4) is 0 Å². The molecule has 0 saturated heterocycles. The van der Waals surface area contributed by atoms with Crippen LogP contribution in [0.15, 0.2) is 12.1 Å². The van der Waals surface area contributed by atoms with Gasteiger partial charge in [0.05, 0.1) is 9.34 Å². The van der Waals surface area contributed by atoms with Crippen molar-refractivity contribution in [3.8, 4) is 0 Å². The number of rotatable bonds is 1. The molecule has 2 nitrogen and oxygen atoms in total. The number of hydrogen-bond donors (Lipinski definition) is 0. The minimum absolute atomic E-state index is 0.170. The lowest BCUT2D eigenvalue weighted by molar-refractivity contribution is 0.267. The maximum atomic E-state index is 10.8. The Labute approximate surface area is 81.9 Å². The second-order valence-corrected chi connectivity index (χ2v) is 4.26. The molecule has 1 heterocycles. The van der Waals surface area contributed by atoms with E-state index in [9.17, 15) is 4.79 Å². The van der Waals surface area contributed by atoms with Gasteiger partial charge in [-0.05, 0) is 12.1 Å². The van der Waals surface area contributed by atoms with Crippen molar-refractivity contribution >= 4 is 48.7 Å². The molecule has 0 fully saturated rings. The average molecular weight is 255 g/mol. The third-order valence-corrected chi connectivity index (χ3v) is 2.99. The van der Waals surface area contributed by atoms with Crippen LogP contribution >= 0.6 is 38.9 Å². The van der Waals surface area contributed by atoms with Crippen LogP contribution in [-0.2, 0) is 0 Å². The van der Waals surface area contributed by atoms with Crippen molar-refractivity contribution in [3.63, 3.8) is 0 Å². The van der Waals surface area contributed by atoms with Gasteiger partial charge in [0.15, 0.2) is 0 Å². The molecule has 11 heavy (non-hydrogen) atoms. The first-order chi connectivity index (χ1) is 5.11. The number of carbonyl (C=O) groups excluding carboxylic acids is 1. The Balaban J connectivity index is 2.84. The largest absolute Gasteiger partial charge is 0.297 e. The molecule has 1 aromatic rings. The van der Waals surface area contributed by atoms with Crippen LogP contribution in [0.5, 0.6) is 0 Å². The fourth-order valence-electron chi connectivity index (χ4n) is 0.572. The fourth-order valence-corrected chi connectivity index (χ4v) is 1.87. The zero-order valence-corrected chi connectivity index (χ0v) is 8.83. The lowest BCUT2D eigenvalue weighted by Crippen LogP contribution is -2.17. The van der Waals surface area contributed by atoms with Gasteiger partial charge in [0.2, 0.25) is 0 Å². The van der Waals surface area contributed by atoms with E-state index in [-0.39, 0.29) is 4.82 Å². The molecular formula is C6H5BrClNOS. The highest BCUT2D eigenvalue weighted by molar-refractivity contribution is 9.18. The highest BCUT2D eigenvalue weighted by Crippen LogP contribution is 2.29. The third kappa shape index (κ3) is 2.18. The molecule has 1 rings (SSSR count). The number of thiophene rings is 1. The summed E-state index contributed by atoms with van der Waals surface area (Å²) in [5, 5.41) is 0.830. The molecule has 0 aliphatic heterocycles. The Hall–Kier alpha value is -0.0600. The van der Waals surface area contributed by atoms with Crippen molar-refractivity contribution in [1.29, 1.82) is 0 Å². The van der Waals surface area contributed by atoms with E-state index in [0.29, 0.717) is 4.34 Å². The Bertz CT molecular complexity index is 275. The van der Waals surface area contributed by atoms with Gasteiger partial charge in [-0.1, -0.05) is 11.6 Å². The molecule has 60 valence electrons. The van der Waals surface area contributed by atoms with Gasteiger partial charge >= 0.3 is 0 Å². The van der Waals surface area contributed by atoms with Gasteiger partial charge in [0.25, 0.3) is 4.82 Å². The van der Waals surface area contributed by atoms with Gasteiger partial charge in [0, 0.05) is 23.0 Å². The maximum Gasteiger partial charge on any atom is 0.294 e. The topological polar surface area (TPSA) is 20.3 Å². The molecule has 1 amide bonds. The first-order valence-corrected chi connectivity index (χ1v) is 4.78. The summed E-state index contributed by atoms with van der Waals surface area (Å²) in [6.07, 6.45) is 0. The van der Waals surface area contributed by atoms with Crippen LogP contribution in [0.25, 0.3) is 0 Å². The Morgan fingerprint density at radius 1 is 1.73 bits per heavy atom. The zero-order chi connectivity index (χ0) is 8.43. The van der Waals surface area contributed by atoms with Crippen molar-refractivity contribution in [2.24, 2.45) is 0 Å². The average Bonchev–Trinajstić information content (AvgIpc) is 2.34. The third-order valence-electron chi connectivity index (χ3n) is 1.15. The standard InChI is InChI=1S/C6H5BrClNOS/c1-9(6(7)10)5-3-2-4(8)11-5/h2-3H,1H3. The van der Waals surface area contributed by atoms with Gasteiger partial charge in [-0.25, -0.2) is 0 Å². The summed E-state index contributed by atoms with van der Waals surface area (Å²) in [5.41, 5.74) is 0. The number of amides is 1. The number of anilines is 1. The quantitative estimate of drug-likeness (QED) is 0.556. The highest BCUT2D eigenvalue weighted by atomic mass is 79.9. The van der Waals surface area contributed by atoms with Crippen molar-refractivity contribution in [1.82, 2.24) is 0 Å². The smallest absolute Gasteiger partial charge is 0.294 e. The molecule has 0 aromatic carbocycles. The lowest BCUT2D eigenvalue weighted by atomic mass is 10.6. The monoisotopic (exact) mass is 253 g/mol. The Kier molecular flexibility index (Phi) is 2.92. The van der Waals surface area contributed by atoms with E-state index in [4.69, 9.17) is 11.6 Å². The molecule has 1 aromatic heterocycles. The molecule has 0 radical (unpaired) electrons. The second kappa shape index (κ2) is 3.56. The predicted octanol–water partition coefficient (Wildman–Crippen LogP) is 3.35. The summed E-state index contributed by atoms with van der Waals surface area (Å²) >= 11 is 9.88. The first kappa shape index (κ1) is 9.03. The van der Waals surface area contributed by atoms with Crippen LogP contribution < -0.4 is 4.90 Å². The Morgan fingerprint density at radius 3 is 2.73 bits per heavy atom. The predicted molar refractivity (Wildman–Crippen MR) is 52.1 cm³/mol. The summed E-state index contributed by atoms with van der Waals surface area (Å²) in [5.74, 6) is 0. The molecule has 0 bridgehead atoms. The molecule has 0 unspecified atom stereocenters. The van der Waals surface area contributed by atoms with Gasteiger partial charge < -0.3 is 0 Å². The highest BCUT2D eigenvalue weighted by Gasteiger charge is 2.08. The number of hydrogen-bond acceptors (Lipinski definition) is 2. The summed E-state index contributed by atoms with van der Waals surface area (Å²) in [4.78, 5) is 12.1. The van der Waals surface area contributed by atoms with Gasteiger partial charge in [-0.15, -0.1) is 11.3 Å². The van der Waals surface area contributed by atoms with Crippen LogP contribution in [0, 0.1) is 0 Å². The van der Waals surface area contributed by atoms with E-state index >= 15 is 0 Å². The van der Waals surface area contributed by atoms with Crippen molar-refractivity contribution in [2.45, 2.75) is 0 Å². The molecule has 0 N–H and O–H groups in total. The van der Waals surface area contributed by atoms with Crippen LogP contribution in [0.4, 0.5) is 9.80 Å². The SMILES string of the molecule is CN(C(=O)Br)c1ccc(Cl)s1. The molecule has 0 atom stereocenters. The maximum absolute atomic E-state index is 10.8. The number of carbonyl (C=O) groups is 1. The van der Waals surface area contributed by atoms with E-state index in [1.165, 1.54) is 16.2 Å². The van der Waals surface area contributed by atoms with Crippen LogP contribution in [0.1, 0.15) is 0 Å². The van der Waals surface area contributed by atoms with Gasteiger partial charge in [-0.2, -0.15) is 0 Å². The van der Waals surface area contributed by atoms with Gasteiger partial charge in [0.1, 0.15) is 0 Å². The van der Waals surface area contributed by atoms with Gasteiger partial charge in [-0.3, -0.25) is 9.69 Å². The van der Waals surface area contributed by atoms with Crippen molar-refractivity contribution in [3.05, 3.63) is 16.5 Å². The van der Waals surface area contributed by atoms with E-state index < -0.39 is 0 Å². The minimum atomic E-state index is -0.170. The molecule has 0 spiro atoms. The number of nitrogens with zero attached hydrogens (tertiary/aromatic N) is 1. The van der Waals surface area contributed by atoms with E-state index in [1.807, 2.05) is 0 Å². The molecular weight excluding hydrogens is 249 g/mol. The summed E-state index contributed by atoms with van der Waals surface area (Å²) in [6.45, 7) is 0. The fraction of sp³-hybridized carbons (Fsp3) is 0.167. The van der Waals surface area contributed by atoms with E-state index in [1.54, 1.807) is 19.2 Å². The van der Waals surface area contributed by atoms with Crippen molar-refractivity contribution in [2.75, 3.05) is 11.9 Å². The first-order valence-electron chi connectivity index (χ1n) is 2.80. The molecule has 5 heteroatoms. The summed E-state index contributed by atoms with van der Waals surface area (Å²) in [6, 6.07) is 3.56. The van der Waals surface area contributed by atoms with Crippen molar-refractivity contribution < 1.29 is 4.79 Å². The molecule has 0 aliphatic carbocycles. The van der Waals surface area contributed by atoms with E-state index in [2.05, 4.69) is 15.9 Å². The second-order valence-electron chi connectivity index (χ2n) is 1.89. The summed E-state index contributed by atoms with van der Waals surface area (Å²) < 4.78 is 0.681. The molecule has 0 aliphatic rings. The summed E-state index contributed by atoms with van der Waals surface area (Å²) in [7, 11) is 1.68. The van der Waals surface area contributed by atoms with Crippen LogP contribution in [0.2, 0.25) is 4.34 Å². The zero-order valence-electron chi connectivity index (χ0n) is 5.67. The Morgan fingerprint density at radius 2 is 2.36 bits per heavy atom. The van der Waals surface area contributed by atoms with E-state index in [0.717, 1.165) is 5.00 Å².